The van der Waals surface area contributed by atoms with Crippen molar-refractivity contribution in [3.05, 3.63) is 45.1 Å². The van der Waals surface area contributed by atoms with Crippen LogP contribution in [0.5, 0.6) is 0 Å². The fourth-order valence-electron chi connectivity index (χ4n) is 1.31. The largest absolute Gasteiger partial charge is 0.477 e. The van der Waals surface area contributed by atoms with Gasteiger partial charge in [-0.1, -0.05) is 29.4 Å². The van der Waals surface area contributed by atoms with Gasteiger partial charge in [-0.2, -0.15) is 5.26 Å². The lowest BCUT2D eigenvalue weighted by Gasteiger charge is -2.02. The van der Waals surface area contributed by atoms with E-state index < -0.39 is 5.97 Å². The SMILES string of the molecule is N#Cc1c(Cl)cccc1Sc1csc(C(=O)O)c1. The Morgan fingerprint density at radius 2 is 2.28 bits per heavy atom. The Kier molecular flexibility index (Phi) is 3.92. The van der Waals surface area contributed by atoms with E-state index >= 15 is 0 Å². The smallest absolute Gasteiger partial charge is 0.345 e. The van der Waals surface area contributed by atoms with Gasteiger partial charge in [-0.15, -0.1) is 11.3 Å². The molecule has 3 nitrogen and oxygen atoms in total. The first-order chi connectivity index (χ1) is 8.61. The number of carboxylic acids is 1. The molecule has 0 bridgehead atoms. The van der Waals surface area contributed by atoms with Crippen LogP contribution in [0, 0.1) is 11.3 Å². The normalized spacial score (nSPS) is 10.0. The third-order valence-electron chi connectivity index (χ3n) is 2.10. The minimum Gasteiger partial charge on any atom is -0.477 e. The van der Waals surface area contributed by atoms with Crippen LogP contribution in [0.25, 0.3) is 0 Å². The van der Waals surface area contributed by atoms with E-state index in [1.165, 1.54) is 11.8 Å². The Balaban J connectivity index is 2.31. The molecule has 0 amide bonds. The molecule has 1 heterocycles. The first-order valence-electron chi connectivity index (χ1n) is 4.80. The number of halogens is 1. The molecule has 0 aliphatic rings. The van der Waals surface area contributed by atoms with Gasteiger partial charge in [0, 0.05) is 15.2 Å². The summed E-state index contributed by atoms with van der Waals surface area (Å²) >= 11 is 8.41. The Hall–Kier alpha value is -1.48. The van der Waals surface area contributed by atoms with Crippen LogP contribution < -0.4 is 0 Å². The number of benzene rings is 1. The van der Waals surface area contributed by atoms with Gasteiger partial charge in [0.2, 0.25) is 0 Å². The zero-order valence-electron chi connectivity index (χ0n) is 8.88. The van der Waals surface area contributed by atoms with Crippen molar-refractivity contribution in [2.45, 2.75) is 9.79 Å². The third kappa shape index (κ3) is 2.67. The molecule has 2 aromatic rings. The molecule has 18 heavy (non-hydrogen) atoms. The zero-order chi connectivity index (χ0) is 13.1. The van der Waals surface area contributed by atoms with Gasteiger partial charge in [-0.25, -0.2) is 4.79 Å². The molecule has 0 saturated heterocycles. The number of hydrogen-bond donors (Lipinski definition) is 1. The molecule has 1 N–H and O–H groups in total. The predicted molar refractivity (Wildman–Crippen MR) is 71.6 cm³/mol. The summed E-state index contributed by atoms with van der Waals surface area (Å²) in [7, 11) is 0. The lowest BCUT2D eigenvalue weighted by atomic mass is 10.2. The molecule has 0 fully saturated rings. The Morgan fingerprint density at radius 1 is 1.50 bits per heavy atom. The van der Waals surface area contributed by atoms with Crippen LogP contribution in [0.1, 0.15) is 15.2 Å². The number of thiophene rings is 1. The summed E-state index contributed by atoms with van der Waals surface area (Å²) < 4.78 is 0. The van der Waals surface area contributed by atoms with Crippen molar-refractivity contribution in [1.29, 1.82) is 5.26 Å². The first-order valence-corrected chi connectivity index (χ1v) is 6.87. The molecular weight excluding hydrogens is 290 g/mol. The van der Waals surface area contributed by atoms with Crippen molar-refractivity contribution in [1.82, 2.24) is 0 Å². The van der Waals surface area contributed by atoms with Gasteiger partial charge >= 0.3 is 5.97 Å². The summed E-state index contributed by atoms with van der Waals surface area (Å²) in [6, 6.07) is 8.83. The predicted octanol–water partition coefficient (Wildman–Crippen LogP) is 4.12. The number of nitrogens with zero attached hydrogens (tertiary/aromatic N) is 1. The number of nitriles is 1. The van der Waals surface area contributed by atoms with Crippen LogP contribution in [-0.2, 0) is 0 Å². The van der Waals surface area contributed by atoms with Crippen LogP contribution in [0.2, 0.25) is 5.02 Å². The second-order valence-electron chi connectivity index (χ2n) is 3.28. The lowest BCUT2D eigenvalue weighted by molar-refractivity contribution is 0.0702. The van der Waals surface area contributed by atoms with E-state index in [9.17, 15) is 4.79 Å². The van der Waals surface area contributed by atoms with E-state index in [2.05, 4.69) is 0 Å². The molecule has 0 atom stereocenters. The van der Waals surface area contributed by atoms with Gasteiger partial charge in [-0.3, -0.25) is 0 Å². The summed E-state index contributed by atoms with van der Waals surface area (Å²) in [5.41, 5.74) is 0.409. The summed E-state index contributed by atoms with van der Waals surface area (Å²) in [6.45, 7) is 0. The third-order valence-corrected chi connectivity index (χ3v) is 4.52. The monoisotopic (exact) mass is 295 g/mol. The number of carbonyl (C=O) groups is 1. The lowest BCUT2D eigenvalue weighted by Crippen LogP contribution is -1.89. The minimum atomic E-state index is -0.946. The molecule has 1 aromatic heterocycles. The van der Waals surface area contributed by atoms with E-state index in [1.54, 1.807) is 29.6 Å². The van der Waals surface area contributed by atoms with Crippen molar-refractivity contribution >= 4 is 40.7 Å². The van der Waals surface area contributed by atoms with Gasteiger partial charge < -0.3 is 5.11 Å². The van der Waals surface area contributed by atoms with Gasteiger partial charge in [-0.05, 0) is 18.2 Å². The molecule has 0 unspecified atom stereocenters. The molecule has 0 radical (unpaired) electrons. The highest BCUT2D eigenvalue weighted by molar-refractivity contribution is 7.99. The number of carboxylic acid groups (broad SMARTS) is 1. The maximum atomic E-state index is 10.8. The zero-order valence-corrected chi connectivity index (χ0v) is 11.3. The van der Waals surface area contributed by atoms with Gasteiger partial charge in [0.25, 0.3) is 0 Å². The maximum Gasteiger partial charge on any atom is 0.345 e. The van der Waals surface area contributed by atoms with Crippen molar-refractivity contribution in [2.75, 3.05) is 0 Å². The second-order valence-corrected chi connectivity index (χ2v) is 5.71. The van der Waals surface area contributed by atoms with Crippen molar-refractivity contribution in [2.24, 2.45) is 0 Å². The van der Waals surface area contributed by atoms with E-state index in [1.807, 2.05) is 6.07 Å². The van der Waals surface area contributed by atoms with Crippen LogP contribution in [0.3, 0.4) is 0 Å². The quantitative estimate of drug-likeness (QED) is 0.925. The highest BCUT2D eigenvalue weighted by Crippen LogP contribution is 2.35. The second kappa shape index (κ2) is 5.44. The van der Waals surface area contributed by atoms with E-state index in [4.69, 9.17) is 22.0 Å². The molecule has 0 aliphatic carbocycles. The van der Waals surface area contributed by atoms with Gasteiger partial charge in [0.15, 0.2) is 0 Å². The molecular formula is C12H6ClNO2S2. The van der Waals surface area contributed by atoms with Crippen molar-refractivity contribution in [3.63, 3.8) is 0 Å². The maximum absolute atomic E-state index is 10.8. The Bertz CT molecular complexity index is 646. The number of rotatable bonds is 3. The molecule has 1 aromatic carbocycles. The molecule has 0 aliphatic heterocycles. The van der Waals surface area contributed by atoms with Gasteiger partial charge in [0.1, 0.15) is 10.9 Å². The Morgan fingerprint density at radius 3 is 2.89 bits per heavy atom. The van der Waals surface area contributed by atoms with E-state index in [-0.39, 0.29) is 4.88 Å². The Labute approximate surface area is 117 Å². The number of aromatic carboxylic acids is 1. The van der Waals surface area contributed by atoms with Crippen LogP contribution in [0.4, 0.5) is 0 Å². The summed E-state index contributed by atoms with van der Waals surface area (Å²) in [5, 5.41) is 20.0. The van der Waals surface area contributed by atoms with Crippen LogP contribution in [0.15, 0.2) is 39.4 Å². The van der Waals surface area contributed by atoms with Crippen LogP contribution in [-0.4, -0.2) is 11.1 Å². The molecule has 2 rings (SSSR count). The van der Waals surface area contributed by atoms with E-state index in [0.717, 1.165) is 21.1 Å². The standard InChI is InChI=1S/C12H6ClNO2S2/c13-9-2-1-3-10(8(9)5-14)18-7-4-11(12(15)16)17-6-7/h1-4,6H,(H,15,16). The summed E-state index contributed by atoms with van der Waals surface area (Å²) in [4.78, 5) is 12.6. The van der Waals surface area contributed by atoms with Crippen LogP contribution >= 0.6 is 34.7 Å². The molecule has 90 valence electrons. The fourth-order valence-corrected chi connectivity index (χ4v) is 3.44. The minimum absolute atomic E-state index is 0.276. The molecule has 6 heteroatoms. The average Bonchev–Trinajstić information content (AvgIpc) is 2.78. The summed E-state index contributed by atoms with van der Waals surface area (Å²) in [6.07, 6.45) is 0. The fraction of sp³-hybridized carbons (Fsp3) is 0. The van der Waals surface area contributed by atoms with Gasteiger partial charge in [0.05, 0.1) is 10.6 Å². The van der Waals surface area contributed by atoms with Crippen molar-refractivity contribution < 1.29 is 9.90 Å². The molecule has 0 spiro atoms. The topological polar surface area (TPSA) is 61.1 Å². The van der Waals surface area contributed by atoms with E-state index in [0.29, 0.717) is 10.6 Å². The average molecular weight is 296 g/mol. The molecule has 0 saturated carbocycles. The first kappa shape index (κ1) is 13.0. The van der Waals surface area contributed by atoms with Crippen molar-refractivity contribution in [3.8, 4) is 6.07 Å². The highest BCUT2D eigenvalue weighted by Gasteiger charge is 2.11. The summed E-state index contributed by atoms with van der Waals surface area (Å²) in [5.74, 6) is -0.946. The number of hydrogen-bond acceptors (Lipinski definition) is 4. The highest BCUT2D eigenvalue weighted by atomic mass is 35.5.